The number of benzene rings is 1. The molecular weight excluding hydrogens is 358 g/mol. The van der Waals surface area contributed by atoms with Crippen molar-refractivity contribution in [2.24, 2.45) is 5.92 Å². The summed E-state index contributed by atoms with van der Waals surface area (Å²) in [6, 6.07) is 11.0. The van der Waals surface area contributed by atoms with Crippen molar-refractivity contribution < 1.29 is 4.79 Å². The third-order valence-corrected chi connectivity index (χ3v) is 5.87. The largest absolute Gasteiger partial charge is 0.335 e. The lowest BCUT2D eigenvalue weighted by molar-refractivity contribution is -0.133. The zero-order valence-corrected chi connectivity index (χ0v) is 14.6. The van der Waals surface area contributed by atoms with E-state index in [2.05, 4.69) is 61.9 Å². The summed E-state index contributed by atoms with van der Waals surface area (Å²) in [6.07, 6.45) is 3.35. The summed E-state index contributed by atoms with van der Waals surface area (Å²) in [5.74, 6) is 0.978. The van der Waals surface area contributed by atoms with Crippen LogP contribution < -0.4 is 0 Å². The zero-order chi connectivity index (χ0) is 15.1. The molecular formula is C18H18BrNOS. The van der Waals surface area contributed by atoms with Crippen LogP contribution >= 0.6 is 27.3 Å². The van der Waals surface area contributed by atoms with Gasteiger partial charge in [-0.05, 0) is 65.3 Å². The molecule has 0 radical (unpaired) electrons. The van der Waals surface area contributed by atoms with E-state index in [1.54, 1.807) is 11.3 Å². The summed E-state index contributed by atoms with van der Waals surface area (Å²) in [6.45, 7) is 0.788. The van der Waals surface area contributed by atoms with E-state index in [9.17, 15) is 4.79 Å². The van der Waals surface area contributed by atoms with Crippen LogP contribution in [0.3, 0.4) is 0 Å². The number of nitrogens with zero attached hydrogens (tertiary/aromatic N) is 1. The minimum atomic E-state index is 0.195. The van der Waals surface area contributed by atoms with Crippen LogP contribution in [0.4, 0.5) is 0 Å². The number of amides is 1. The SMILES string of the molecule is O=C([C@@H]1C[C@@H]1c1ccc(Br)cc1)N(Cc1ccsc1)C1CC1. The number of carbonyl (C=O) groups excluding carboxylic acids is 1. The number of halogens is 1. The molecule has 2 aromatic rings. The van der Waals surface area contributed by atoms with Crippen molar-refractivity contribution >= 4 is 33.2 Å². The molecule has 22 heavy (non-hydrogen) atoms. The Morgan fingerprint density at radius 3 is 2.64 bits per heavy atom. The van der Waals surface area contributed by atoms with Crippen LogP contribution in [0, 0.1) is 5.92 Å². The Morgan fingerprint density at radius 1 is 1.23 bits per heavy atom. The lowest BCUT2D eigenvalue weighted by Gasteiger charge is -2.22. The summed E-state index contributed by atoms with van der Waals surface area (Å²) in [7, 11) is 0. The first-order valence-corrected chi connectivity index (χ1v) is 9.53. The van der Waals surface area contributed by atoms with Gasteiger partial charge in [0.1, 0.15) is 0 Å². The first-order chi connectivity index (χ1) is 10.7. The molecule has 2 aliphatic carbocycles. The summed E-state index contributed by atoms with van der Waals surface area (Å²) >= 11 is 5.17. The molecule has 0 N–H and O–H groups in total. The van der Waals surface area contributed by atoms with Crippen molar-refractivity contribution in [3.05, 3.63) is 56.7 Å². The zero-order valence-electron chi connectivity index (χ0n) is 12.2. The fraction of sp³-hybridized carbons (Fsp3) is 0.389. The van der Waals surface area contributed by atoms with E-state index in [1.165, 1.54) is 24.0 Å². The molecule has 1 heterocycles. The van der Waals surface area contributed by atoms with E-state index in [-0.39, 0.29) is 5.92 Å². The van der Waals surface area contributed by atoms with Crippen molar-refractivity contribution in [3.63, 3.8) is 0 Å². The normalized spacial score (nSPS) is 23.3. The number of hydrogen-bond donors (Lipinski definition) is 0. The molecule has 0 aliphatic heterocycles. The van der Waals surface area contributed by atoms with Gasteiger partial charge in [-0.2, -0.15) is 11.3 Å². The third kappa shape index (κ3) is 2.99. The van der Waals surface area contributed by atoms with E-state index in [0.717, 1.165) is 17.4 Å². The molecule has 1 amide bonds. The predicted molar refractivity (Wildman–Crippen MR) is 92.9 cm³/mol. The molecule has 0 spiro atoms. The topological polar surface area (TPSA) is 20.3 Å². The Bertz CT molecular complexity index is 663. The van der Waals surface area contributed by atoms with E-state index >= 15 is 0 Å². The van der Waals surface area contributed by atoms with Gasteiger partial charge in [0, 0.05) is 23.0 Å². The van der Waals surface area contributed by atoms with E-state index in [0.29, 0.717) is 17.9 Å². The van der Waals surface area contributed by atoms with Crippen LogP contribution in [0.1, 0.15) is 36.3 Å². The first kappa shape index (κ1) is 14.5. The Morgan fingerprint density at radius 2 is 2.00 bits per heavy atom. The molecule has 2 saturated carbocycles. The van der Waals surface area contributed by atoms with Gasteiger partial charge in [-0.25, -0.2) is 0 Å². The minimum absolute atomic E-state index is 0.195. The van der Waals surface area contributed by atoms with Gasteiger partial charge < -0.3 is 4.90 Å². The van der Waals surface area contributed by atoms with Crippen molar-refractivity contribution in [1.82, 2.24) is 4.90 Å². The molecule has 4 rings (SSSR count). The summed E-state index contributed by atoms with van der Waals surface area (Å²) in [5, 5.41) is 4.24. The standard InChI is InChI=1S/C18H18BrNOS/c19-14-3-1-13(2-4-14)16-9-17(16)18(21)20(15-5-6-15)10-12-7-8-22-11-12/h1-4,7-8,11,15-17H,5-6,9-10H2/t16-,17-/m1/s1. The summed E-state index contributed by atoms with van der Waals surface area (Å²) < 4.78 is 1.09. The Kier molecular flexibility index (Phi) is 3.82. The highest BCUT2D eigenvalue weighted by Gasteiger charge is 2.48. The monoisotopic (exact) mass is 375 g/mol. The number of rotatable bonds is 5. The van der Waals surface area contributed by atoms with Gasteiger partial charge >= 0.3 is 0 Å². The van der Waals surface area contributed by atoms with Crippen LogP contribution in [-0.2, 0) is 11.3 Å². The quantitative estimate of drug-likeness (QED) is 0.734. The molecule has 4 heteroatoms. The second kappa shape index (κ2) is 5.82. The predicted octanol–water partition coefficient (Wildman–Crippen LogP) is 4.81. The highest BCUT2D eigenvalue weighted by Crippen LogP contribution is 2.49. The number of thiophene rings is 1. The minimum Gasteiger partial charge on any atom is -0.335 e. The highest BCUT2D eigenvalue weighted by molar-refractivity contribution is 9.10. The molecule has 1 aromatic heterocycles. The van der Waals surface area contributed by atoms with Gasteiger partial charge in [0.15, 0.2) is 0 Å². The maximum absolute atomic E-state index is 12.9. The van der Waals surface area contributed by atoms with E-state index in [4.69, 9.17) is 0 Å². The van der Waals surface area contributed by atoms with Crippen LogP contribution in [0.25, 0.3) is 0 Å². The number of carbonyl (C=O) groups is 1. The molecule has 2 atom stereocenters. The Hall–Kier alpha value is -1.13. The molecule has 2 aliphatic rings. The molecule has 114 valence electrons. The average molecular weight is 376 g/mol. The van der Waals surface area contributed by atoms with Gasteiger partial charge in [0.25, 0.3) is 0 Å². The van der Waals surface area contributed by atoms with Crippen molar-refractivity contribution in [2.75, 3.05) is 0 Å². The first-order valence-electron chi connectivity index (χ1n) is 7.79. The van der Waals surface area contributed by atoms with Crippen LogP contribution in [0.5, 0.6) is 0 Å². The van der Waals surface area contributed by atoms with Gasteiger partial charge in [0.05, 0.1) is 0 Å². The fourth-order valence-electron chi connectivity index (χ4n) is 3.11. The Labute approximate surface area is 143 Å². The Balaban J connectivity index is 1.45. The van der Waals surface area contributed by atoms with Crippen molar-refractivity contribution in [2.45, 2.75) is 37.8 Å². The van der Waals surface area contributed by atoms with Crippen LogP contribution in [-0.4, -0.2) is 16.8 Å². The third-order valence-electron chi connectivity index (χ3n) is 4.61. The molecule has 0 bridgehead atoms. The number of hydrogen-bond acceptors (Lipinski definition) is 2. The van der Waals surface area contributed by atoms with E-state index in [1.807, 2.05) is 0 Å². The van der Waals surface area contributed by atoms with E-state index < -0.39 is 0 Å². The molecule has 0 saturated heterocycles. The van der Waals surface area contributed by atoms with Crippen LogP contribution in [0.15, 0.2) is 45.6 Å². The molecule has 2 fully saturated rings. The fourth-order valence-corrected chi connectivity index (χ4v) is 4.04. The second-order valence-corrected chi connectivity index (χ2v) is 8.02. The lowest BCUT2D eigenvalue weighted by Crippen LogP contribution is -2.34. The van der Waals surface area contributed by atoms with Gasteiger partial charge in [-0.15, -0.1) is 0 Å². The molecule has 2 nitrogen and oxygen atoms in total. The van der Waals surface area contributed by atoms with Gasteiger partial charge in [-0.1, -0.05) is 28.1 Å². The van der Waals surface area contributed by atoms with Gasteiger partial charge in [0.2, 0.25) is 5.91 Å². The maximum Gasteiger partial charge on any atom is 0.226 e. The van der Waals surface area contributed by atoms with Crippen molar-refractivity contribution in [3.8, 4) is 0 Å². The highest BCUT2D eigenvalue weighted by atomic mass is 79.9. The van der Waals surface area contributed by atoms with Crippen molar-refractivity contribution in [1.29, 1.82) is 0 Å². The average Bonchev–Trinajstić information content (AvgIpc) is 3.44. The molecule has 1 aromatic carbocycles. The lowest BCUT2D eigenvalue weighted by atomic mass is 10.1. The summed E-state index contributed by atoms with van der Waals surface area (Å²) in [4.78, 5) is 15.0. The smallest absolute Gasteiger partial charge is 0.226 e. The van der Waals surface area contributed by atoms with Crippen LogP contribution in [0.2, 0.25) is 0 Å². The molecule has 0 unspecified atom stereocenters. The van der Waals surface area contributed by atoms with Gasteiger partial charge in [-0.3, -0.25) is 4.79 Å². The second-order valence-electron chi connectivity index (χ2n) is 6.33. The maximum atomic E-state index is 12.9. The summed E-state index contributed by atoms with van der Waals surface area (Å²) in [5.41, 5.74) is 2.57.